The lowest BCUT2D eigenvalue weighted by atomic mass is 10.1. The number of benzene rings is 1. The third-order valence-corrected chi connectivity index (χ3v) is 4.35. The van der Waals surface area contributed by atoms with Crippen molar-refractivity contribution in [1.82, 2.24) is 0 Å². The van der Waals surface area contributed by atoms with Crippen LogP contribution in [-0.4, -0.2) is 38.2 Å². The second-order valence-corrected chi connectivity index (χ2v) is 6.60. The van der Waals surface area contributed by atoms with Gasteiger partial charge in [-0.3, -0.25) is 0 Å². The molecule has 0 saturated carbocycles. The quantitative estimate of drug-likeness (QED) is 0.330. The molecule has 146 valence electrons. The summed E-state index contributed by atoms with van der Waals surface area (Å²) in [7, 11) is 1.48. The van der Waals surface area contributed by atoms with Crippen molar-refractivity contribution in [3.8, 4) is 11.5 Å². The molecular formula is C19H16INO7. The smallest absolute Gasteiger partial charge is 0.363 e. The second-order valence-electron chi connectivity index (χ2n) is 5.44. The van der Waals surface area contributed by atoms with Crippen LogP contribution in [0.4, 0.5) is 0 Å². The van der Waals surface area contributed by atoms with Gasteiger partial charge in [-0.1, -0.05) is 0 Å². The SMILES string of the molecule is CCOC(=O)COc1c(I)cc(/C=C2\N=C(c3ccco3)OC2=O)cc1OC. The molecule has 1 aromatic carbocycles. The number of halogens is 1. The number of nitrogens with zero attached hydrogens (tertiary/aromatic N) is 1. The van der Waals surface area contributed by atoms with Crippen molar-refractivity contribution in [2.45, 2.75) is 6.92 Å². The number of methoxy groups -OCH3 is 1. The Morgan fingerprint density at radius 2 is 2.18 bits per heavy atom. The molecule has 9 heteroatoms. The molecular weight excluding hydrogens is 481 g/mol. The molecule has 1 aliphatic rings. The highest BCUT2D eigenvalue weighted by Crippen LogP contribution is 2.35. The van der Waals surface area contributed by atoms with Crippen LogP contribution in [0.2, 0.25) is 0 Å². The fourth-order valence-corrected chi connectivity index (χ4v) is 3.15. The van der Waals surface area contributed by atoms with Gasteiger partial charge in [0.1, 0.15) is 0 Å². The molecule has 0 bridgehead atoms. The number of furan rings is 1. The molecule has 3 rings (SSSR count). The first-order valence-corrected chi connectivity index (χ1v) is 9.32. The molecule has 0 fully saturated rings. The summed E-state index contributed by atoms with van der Waals surface area (Å²) in [6.07, 6.45) is 3.04. The summed E-state index contributed by atoms with van der Waals surface area (Å²) in [5.74, 6) is 0.240. The van der Waals surface area contributed by atoms with E-state index in [0.717, 1.165) is 0 Å². The van der Waals surface area contributed by atoms with Gasteiger partial charge in [-0.15, -0.1) is 0 Å². The van der Waals surface area contributed by atoms with Crippen LogP contribution in [0.15, 0.2) is 45.6 Å². The Labute approximate surface area is 174 Å². The molecule has 0 amide bonds. The maximum atomic E-state index is 12.1. The third kappa shape index (κ3) is 4.53. The fourth-order valence-electron chi connectivity index (χ4n) is 2.37. The molecule has 2 aromatic rings. The molecule has 0 spiro atoms. The van der Waals surface area contributed by atoms with Crippen molar-refractivity contribution in [3.05, 3.63) is 51.1 Å². The highest BCUT2D eigenvalue weighted by Gasteiger charge is 2.26. The molecule has 1 aromatic heterocycles. The third-order valence-electron chi connectivity index (χ3n) is 3.55. The van der Waals surface area contributed by atoms with Gasteiger partial charge in [0.05, 0.1) is 23.6 Å². The standard InChI is InChI=1S/C19H16INO7/c1-3-25-16(22)10-27-17-12(20)7-11(9-15(17)24-2)8-13-19(23)28-18(21-13)14-5-4-6-26-14/h4-9H,3,10H2,1-2H3/b13-8-. The Bertz CT molecular complexity index is 947. The molecule has 0 radical (unpaired) electrons. The number of aliphatic imine (C=N–C) groups is 1. The van der Waals surface area contributed by atoms with E-state index in [4.69, 9.17) is 23.4 Å². The number of rotatable bonds is 7. The van der Waals surface area contributed by atoms with Crippen LogP contribution in [0.1, 0.15) is 18.2 Å². The van der Waals surface area contributed by atoms with Gasteiger partial charge in [0.2, 0.25) is 0 Å². The van der Waals surface area contributed by atoms with Gasteiger partial charge in [0, 0.05) is 0 Å². The predicted octanol–water partition coefficient (Wildman–Crippen LogP) is 3.18. The van der Waals surface area contributed by atoms with Gasteiger partial charge >= 0.3 is 11.9 Å². The lowest BCUT2D eigenvalue weighted by Crippen LogP contribution is -2.15. The average Bonchev–Trinajstić information content (AvgIpc) is 3.31. The Kier molecular flexibility index (Phi) is 6.34. The maximum Gasteiger partial charge on any atom is 0.363 e. The van der Waals surface area contributed by atoms with Crippen LogP contribution in [0.25, 0.3) is 6.08 Å². The van der Waals surface area contributed by atoms with E-state index in [-0.39, 0.29) is 24.8 Å². The van der Waals surface area contributed by atoms with Crippen molar-refractivity contribution in [2.75, 3.05) is 20.3 Å². The average molecular weight is 497 g/mol. The van der Waals surface area contributed by atoms with Gasteiger partial charge in [0.15, 0.2) is 29.6 Å². The summed E-state index contributed by atoms with van der Waals surface area (Å²) in [5, 5.41) is 0. The topological polar surface area (TPSA) is 96.6 Å². The summed E-state index contributed by atoms with van der Waals surface area (Å²) in [5.41, 5.74) is 0.783. The number of hydrogen-bond acceptors (Lipinski definition) is 8. The van der Waals surface area contributed by atoms with Crippen LogP contribution in [-0.2, 0) is 19.1 Å². The van der Waals surface area contributed by atoms with Crippen molar-refractivity contribution in [1.29, 1.82) is 0 Å². The van der Waals surface area contributed by atoms with Crippen molar-refractivity contribution < 1.29 is 33.0 Å². The van der Waals surface area contributed by atoms with Crippen LogP contribution >= 0.6 is 22.6 Å². The van der Waals surface area contributed by atoms with Crippen molar-refractivity contribution in [3.63, 3.8) is 0 Å². The molecule has 8 nitrogen and oxygen atoms in total. The van der Waals surface area contributed by atoms with E-state index in [9.17, 15) is 9.59 Å². The Morgan fingerprint density at radius 1 is 1.36 bits per heavy atom. The molecule has 0 unspecified atom stereocenters. The molecule has 28 heavy (non-hydrogen) atoms. The normalized spacial score (nSPS) is 14.6. The lowest BCUT2D eigenvalue weighted by Gasteiger charge is -2.13. The lowest BCUT2D eigenvalue weighted by molar-refractivity contribution is -0.145. The van der Waals surface area contributed by atoms with E-state index in [2.05, 4.69) is 27.6 Å². The summed E-state index contributed by atoms with van der Waals surface area (Å²) in [6.45, 7) is 1.77. The van der Waals surface area contributed by atoms with Gasteiger partial charge in [-0.05, 0) is 65.4 Å². The Morgan fingerprint density at radius 3 is 2.86 bits per heavy atom. The first-order valence-electron chi connectivity index (χ1n) is 8.24. The van der Waals surface area contributed by atoms with E-state index in [1.165, 1.54) is 13.4 Å². The Hall–Kier alpha value is -2.82. The summed E-state index contributed by atoms with van der Waals surface area (Å²) < 4.78 is 26.7. The number of cyclic esters (lactones) is 1. The zero-order chi connectivity index (χ0) is 20.1. The zero-order valence-corrected chi connectivity index (χ0v) is 17.2. The summed E-state index contributed by atoms with van der Waals surface area (Å²) in [4.78, 5) is 27.8. The zero-order valence-electron chi connectivity index (χ0n) is 15.1. The molecule has 0 aliphatic carbocycles. The number of ether oxygens (including phenoxy) is 4. The minimum atomic E-state index is -0.581. The van der Waals surface area contributed by atoms with Gasteiger partial charge < -0.3 is 23.4 Å². The number of carbonyl (C=O) groups is 2. The van der Waals surface area contributed by atoms with Crippen LogP contribution in [0.5, 0.6) is 11.5 Å². The number of esters is 2. The summed E-state index contributed by atoms with van der Waals surface area (Å²) in [6, 6.07) is 6.76. The number of hydrogen-bond donors (Lipinski definition) is 0. The minimum absolute atomic E-state index is 0.109. The van der Waals surface area contributed by atoms with E-state index >= 15 is 0 Å². The highest BCUT2D eigenvalue weighted by molar-refractivity contribution is 14.1. The van der Waals surface area contributed by atoms with E-state index in [0.29, 0.717) is 26.4 Å². The van der Waals surface area contributed by atoms with Crippen LogP contribution in [0.3, 0.4) is 0 Å². The Balaban J connectivity index is 1.85. The monoisotopic (exact) mass is 497 g/mol. The largest absolute Gasteiger partial charge is 0.493 e. The fraction of sp³-hybridized carbons (Fsp3) is 0.211. The molecule has 0 saturated heterocycles. The van der Waals surface area contributed by atoms with Gasteiger partial charge in [-0.2, -0.15) is 0 Å². The highest BCUT2D eigenvalue weighted by atomic mass is 127. The first kappa shape index (κ1) is 19.9. The summed E-state index contributed by atoms with van der Waals surface area (Å²) >= 11 is 2.05. The van der Waals surface area contributed by atoms with Crippen LogP contribution in [0, 0.1) is 3.57 Å². The van der Waals surface area contributed by atoms with Crippen molar-refractivity contribution in [2.24, 2.45) is 4.99 Å². The van der Waals surface area contributed by atoms with E-state index in [1.807, 2.05) is 0 Å². The van der Waals surface area contributed by atoms with Gasteiger partial charge in [-0.25, -0.2) is 14.6 Å². The molecule has 2 heterocycles. The maximum absolute atomic E-state index is 12.1. The molecule has 0 atom stereocenters. The molecule has 1 aliphatic heterocycles. The van der Waals surface area contributed by atoms with E-state index in [1.54, 1.807) is 37.3 Å². The number of carbonyl (C=O) groups excluding carboxylic acids is 2. The van der Waals surface area contributed by atoms with Gasteiger partial charge in [0.25, 0.3) is 5.90 Å². The minimum Gasteiger partial charge on any atom is -0.493 e. The first-order chi connectivity index (χ1) is 13.5. The second kappa shape index (κ2) is 8.91. The van der Waals surface area contributed by atoms with E-state index < -0.39 is 11.9 Å². The van der Waals surface area contributed by atoms with Crippen LogP contribution < -0.4 is 9.47 Å². The molecule has 0 N–H and O–H groups in total. The predicted molar refractivity (Wildman–Crippen MR) is 107 cm³/mol. The van der Waals surface area contributed by atoms with Crippen molar-refractivity contribution >= 4 is 46.5 Å².